The molecule has 0 aliphatic heterocycles. The van der Waals surface area contributed by atoms with Crippen LogP contribution < -0.4 is 10.1 Å². The van der Waals surface area contributed by atoms with Gasteiger partial charge in [-0.15, -0.1) is 0 Å². The quantitative estimate of drug-likeness (QED) is 0.661. The largest absolute Gasteiger partial charge is 0.497 e. The minimum Gasteiger partial charge on any atom is -0.497 e. The molecular formula is C13H12N2O3. The minimum absolute atomic E-state index is 0.0752. The summed E-state index contributed by atoms with van der Waals surface area (Å²) >= 11 is 0. The van der Waals surface area contributed by atoms with Crippen LogP contribution in [0.4, 0.5) is 17.1 Å². The fraction of sp³-hybridized carbons (Fsp3) is 0.0769. The molecule has 5 heteroatoms. The van der Waals surface area contributed by atoms with Crippen LogP contribution in [-0.2, 0) is 0 Å². The predicted octanol–water partition coefficient (Wildman–Crippen LogP) is 3.35. The molecule has 18 heavy (non-hydrogen) atoms. The molecule has 0 bridgehead atoms. The van der Waals surface area contributed by atoms with Crippen molar-refractivity contribution in [3.8, 4) is 5.75 Å². The van der Waals surface area contributed by atoms with E-state index in [9.17, 15) is 10.1 Å². The van der Waals surface area contributed by atoms with Gasteiger partial charge in [-0.25, -0.2) is 0 Å². The van der Waals surface area contributed by atoms with Gasteiger partial charge in [-0.2, -0.15) is 0 Å². The van der Waals surface area contributed by atoms with Crippen molar-refractivity contribution in [3.63, 3.8) is 0 Å². The summed E-state index contributed by atoms with van der Waals surface area (Å²) in [5.41, 5.74) is 1.73. The van der Waals surface area contributed by atoms with Crippen molar-refractivity contribution in [3.05, 3.63) is 58.6 Å². The summed E-state index contributed by atoms with van der Waals surface area (Å²) < 4.78 is 5.11. The van der Waals surface area contributed by atoms with Gasteiger partial charge in [0, 0.05) is 29.6 Å². The van der Waals surface area contributed by atoms with Gasteiger partial charge >= 0.3 is 0 Å². The third kappa shape index (κ3) is 2.76. The predicted molar refractivity (Wildman–Crippen MR) is 69.4 cm³/mol. The van der Waals surface area contributed by atoms with Crippen LogP contribution in [-0.4, -0.2) is 12.0 Å². The highest BCUT2D eigenvalue weighted by atomic mass is 16.6. The highest BCUT2D eigenvalue weighted by molar-refractivity contribution is 5.62. The monoisotopic (exact) mass is 244 g/mol. The fourth-order valence-electron chi connectivity index (χ4n) is 1.53. The van der Waals surface area contributed by atoms with E-state index in [1.807, 2.05) is 24.3 Å². The number of benzene rings is 2. The molecule has 0 aromatic heterocycles. The van der Waals surface area contributed by atoms with Crippen LogP contribution in [0.15, 0.2) is 48.5 Å². The van der Waals surface area contributed by atoms with Gasteiger partial charge in [0.15, 0.2) is 0 Å². The number of non-ortho nitro benzene ring substituents is 1. The van der Waals surface area contributed by atoms with Gasteiger partial charge < -0.3 is 10.1 Å². The highest BCUT2D eigenvalue weighted by Crippen LogP contribution is 2.22. The van der Waals surface area contributed by atoms with E-state index in [1.54, 1.807) is 19.2 Å². The van der Waals surface area contributed by atoms with Crippen molar-refractivity contribution in [2.24, 2.45) is 0 Å². The number of nitrogens with zero attached hydrogens (tertiary/aromatic N) is 1. The van der Waals surface area contributed by atoms with Gasteiger partial charge in [-0.1, -0.05) is 6.07 Å². The molecule has 1 N–H and O–H groups in total. The maximum atomic E-state index is 10.5. The Hall–Kier alpha value is -2.56. The molecule has 2 rings (SSSR count). The Balaban J connectivity index is 2.15. The molecule has 0 saturated carbocycles. The summed E-state index contributed by atoms with van der Waals surface area (Å²) in [6.07, 6.45) is 0. The summed E-state index contributed by atoms with van der Waals surface area (Å²) in [6.45, 7) is 0. The van der Waals surface area contributed by atoms with E-state index in [0.717, 1.165) is 17.1 Å². The molecule has 0 radical (unpaired) electrons. The van der Waals surface area contributed by atoms with Crippen molar-refractivity contribution >= 4 is 17.1 Å². The standard InChI is InChI=1S/C13H12N2O3/c1-18-13-4-2-3-11(9-13)14-10-5-7-12(8-6-10)15(16)17/h2-9,14H,1H3. The Morgan fingerprint density at radius 3 is 2.44 bits per heavy atom. The first kappa shape index (κ1) is 11.9. The molecule has 0 fully saturated rings. The van der Waals surface area contributed by atoms with E-state index in [4.69, 9.17) is 4.74 Å². The Kier molecular flexibility index (Phi) is 3.43. The van der Waals surface area contributed by atoms with Crippen molar-refractivity contribution in [2.75, 3.05) is 12.4 Å². The van der Waals surface area contributed by atoms with Crippen LogP contribution in [0.2, 0.25) is 0 Å². The molecule has 0 amide bonds. The SMILES string of the molecule is COc1cccc(Nc2ccc([N+](=O)[O-])cc2)c1. The highest BCUT2D eigenvalue weighted by Gasteiger charge is 2.04. The number of nitro benzene ring substituents is 1. The number of hydrogen-bond acceptors (Lipinski definition) is 4. The maximum Gasteiger partial charge on any atom is 0.269 e. The molecule has 0 heterocycles. The number of methoxy groups -OCH3 is 1. The molecule has 0 unspecified atom stereocenters. The molecule has 2 aromatic rings. The van der Waals surface area contributed by atoms with Crippen LogP contribution >= 0.6 is 0 Å². The lowest BCUT2D eigenvalue weighted by Crippen LogP contribution is -1.92. The summed E-state index contributed by atoms with van der Waals surface area (Å²) in [5, 5.41) is 13.7. The summed E-state index contributed by atoms with van der Waals surface area (Å²) in [6, 6.07) is 13.7. The van der Waals surface area contributed by atoms with Gasteiger partial charge in [0.05, 0.1) is 12.0 Å². The number of ether oxygens (including phenoxy) is 1. The van der Waals surface area contributed by atoms with Gasteiger partial charge in [0.2, 0.25) is 0 Å². The molecule has 2 aromatic carbocycles. The second-order valence-corrected chi connectivity index (χ2v) is 3.66. The zero-order valence-corrected chi connectivity index (χ0v) is 9.79. The Labute approximate surface area is 104 Å². The van der Waals surface area contributed by atoms with E-state index >= 15 is 0 Å². The van der Waals surface area contributed by atoms with Gasteiger partial charge in [-0.05, 0) is 24.3 Å². The Morgan fingerprint density at radius 2 is 1.83 bits per heavy atom. The topological polar surface area (TPSA) is 64.4 Å². The lowest BCUT2D eigenvalue weighted by molar-refractivity contribution is -0.384. The molecule has 0 aliphatic rings. The van der Waals surface area contributed by atoms with Crippen LogP contribution in [0.1, 0.15) is 0 Å². The zero-order valence-electron chi connectivity index (χ0n) is 9.79. The minimum atomic E-state index is -0.421. The maximum absolute atomic E-state index is 10.5. The number of rotatable bonds is 4. The Bertz CT molecular complexity index is 552. The van der Waals surface area contributed by atoms with Crippen LogP contribution in [0.25, 0.3) is 0 Å². The first-order chi connectivity index (χ1) is 8.69. The third-order valence-electron chi connectivity index (χ3n) is 2.44. The van der Waals surface area contributed by atoms with E-state index in [0.29, 0.717) is 0 Å². The van der Waals surface area contributed by atoms with Crippen molar-refractivity contribution in [1.29, 1.82) is 0 Å². The first-order valence-electron chi connectivity index (χ1n) is 5.34. The average Bonchev–Trinajstić information content (AvgIpc) is 2.39. The molecule has 92 valence electrons. The zero-order chi connectivity index (χ0) is 13.0. The van der Waals surface area contributed by atoms with Crippen LogP contribution in [0.3, 0.4) is 0 Å². The lowest BCUT2D eigenvalue weighted by Gasteiger charge is -2.07. The van der Waals surface area contributed by atoms with E-state index in [2.05, 4.69) is 5.32 Å². The molecule has 0 aliphatic carbocycles. The van der Waals surface area contributed by atoms with Crippen LogP contribution in [0.5, 0.6) is 5.75 Å². The molecule has 0 saturated heterocycles. The van der Waals surface area contributed by atoms with Gasteiger partial charge in [-0.3, -0.25) is 10.1 Å². The number of nitro groups is 1. The lowest BCUT2D eigenvalue weighted by atomic mass is 10.2. The third-order valence-corrected chi connectivity index (χ3v) is 2.44. The van der Waals surface area contributed by atoms with Crippen molar-refractivity contribution in [2.45, 2.75) is 0 Å². The summed E-state index contributed by atoms with van der Waals surface area (Å²) in [5.74, 6) is 0.752. The Morgan fingerprint density at radius 1 is 1.11 bits per heavy atom. The molecular weight excluding hydrogens is 232 g/mol. The van der Waals surface area contributed by atoms with Crippen LogP contribution in [0, 0.1) is 10.1 Å². The fourth-order valence-corrected chi connectivity index (χ4v) is 1.53. The molecule has 0 atom stereocenters. The molecule has 0 spiro atoms. The number of hydrogen-bond donors (Lipinski definition) is 1. The van der Waals surface area contributed by atoms with Gasteiger partial charge in [0.25, 0.3) is 5.69 Å². The summed E-state index contributed by atoms with van der Waals surface area (Å²) in [7, 11) is 1.60. The van der Waals surface area contributed by atoms with E-state index < -0.39 is 4.92 Å². The average molecular weight is 244 g/mol. The number of anilines is 2. The molecule has 5 nitrogen and oxygen atoms in total. The summed E-state index contributed by atoms with van der Waals surface area (Å²) in [4.78, 5) is 10.1. The second-order valence-electron chi connectivity index (χ2n) is 3.66. The van der Waals surface area contributed by atoms with Crippen molar-refractivity contribution in [1.82, 2.24) is 0 Å². The first-order valence-corrected chi connectivity index (χ1v) is 5.34. The van der Waals surface area contributed by atoms with Gasteiger partial charge in [0.1, 0.15) is 5.75 Å². The number of nitrogens with one attached hydrogen (secondary N) is 1. The van der Waals surface area contributed by atoms with E-state index in [1.165, 1.54) is 12.1 Å². The second kappa shape index (κ2) is 5.18. The smallest absolute Gasteiger partial charge is 0.269 e. The normalized spacial score (nSPS) is 9.83. The van der Waals surface area contributed by atoms with Crippen molar-refractivity contribution < 1.29 is 9.66 Å². The van der Waals surface area contributed by atoms with E-state index in [-0.39, 0.29) is 5.69 Å².